The molecule has 1 unspecified atom stereocenters. The first-order chi connectivity index (χ1) is 15.3. The van der Waals surface area contributed by atoms with Crippen molar-refractivity contribution in [3.8, 4) is 0 Å². The minimum atomic E-state index is -0.606. The van der Waals surface area contributed by atoms with E-state index in [-0.39, 0.29) is 24.0 Å². The summed E-state index contributed by atoms with van der Waals surface area (Å²) in [6.07, 6.45) is 1.20. The van der Waals surface area contributed by atoms with Gasteiger partial charge in [-0.3, -0.25) is 19.7 Å². The first-order valence-electron chi connectivity index (χ1n) is 10.2. The molecular weight excluding hydrogens is 416 g/mol. The number of nitro benzene ring substituents is 1. The van der Waals surface area contributed by atoms with Gasteiger partial charge in [-0.05, 0) is 38.0 Å². The number of carbonyl (C=O) groups is 3. The van der Waals surface area contributed by atoms with Crippen molar-refractivity contribution in [2.45, 2.75) is 19.8 Å². The van der Waals surface area contributed by atoms with Crippen LogP contribution in [0.15, 0.2) is 48.5 Å². The molecule has 0 aliphatic carbocycles. The second-order valence-electron chi connectivity index (χ2n) is 7.50. The summed E-state index contributed by atoms with van der Waals surface area (Å²) in [4.78, 5) is 49.0. The third-order valence-electron chi connectivity index (χ3n) is 5.10. The monoisotopic (exact) mass is 440 g/mol. The Hall–Kier alpha value is -3.95. The number of nitrogens with zero attached hydrogens (tertiary/aromatic N) is 2. The fraction of sp³-hybridized carbons (Fsp3) is 0.318. The molecule has 10 heteroatoms. The van der Waals surface area contributed by atoms with E-state index in [9.17, 15) is 24.5 Å². The summed E-state index contributed by atoms with van der Waals surface area (Å²) in [5.74, 6) is -1.70. The Bertz CT molecular complexity index is 1010. The molecule has 1 saturated heterocycles. The van der Waals surface area contributed by atoms with Gasteiger partial charge >= 0.3 is 12.0 Å². The molecule has 0 aromatic heterocycles. The quantitative estimate of drug-likeness (QED) is 0.402. The number of nitrogens with one attached hydrogen (secondary N) is 2. The number of aryl methyl sites for hydroxylation is 1. The Morgan fingerprint density at radius 1 is 1.12 bits per heavy atom. The molecular formula is C22H24N4O6. The van der Waals surface area contributed by atoms with Crippen molar-refractivity contribution in [3.05, 3.63) is 64.2 Å². The van der Waals surface area contributed by atoms with Crippen LogP contribution >= 0.6 is 0 Å². The number of piperidine rings is 1. The topological polar surface area (TPSA) is 131 Å². The Labute approximate surface area is 184 Å². The molecule has 1 fully saturated rings. The molecule has 1 aliphatic heterocycles. The first-order valence-corrected chi connectivity index (χ1v) is 10.2. The van der Waals surface area contributed by atoms with Gasteiger partial charge in [0.25, 0.3) is 11.6 Å². The molecule has 2 N–H and O–H groups in total. The first kappa shape index (κ1) is 22.7. The van der Waals surface area contributed by atoms with Crippen molar-refractivity contribution >= 4 is 35.0 Å². The number of anilines is 2. The maximum absolute atomic E-state index is 12.5. The second-order valence-corrected chi connectivity index (χ2v) is 7.50. The van der Waals surface area contributed by atoms with Gasteiger partial charge in [0.05, 0.1) is 10.8 Å². The molecule has 1 heterocycles. The van der Waals surface area contributed by atoms with E-state index in [1.165, 1.54) is 18.2 Å². The van der Waals surface area contributed by atoms with E-state index in [2.05, 4.69) is 10.6 Å². The highest BCUT2D eigenvalue weighted by atomic mass is 16.6. The molecule has 0 saturated carbocycles. The van der Waals surface area contributed by atoms with Crippen LogP contribution < -0.4 is 10.6 Å². The van der Waals surface area contributed by atoms with Crippen molar-refractivity contribution in [2.75, 3.05) is 30.3 Å². The molecule has 1 aliphatic rings. The van der Waals surface area contributed by atoms with Gasteiger partial charge in [-0.25, -0.2) is 4.79 Å². The summed E-state index contributed by atoms with van der Waals surface area (Å²) in [5.41, 5.74) is 1.26. The maximum Gasteiger partial charge on any atom is 0.321 e. The molecule has 2 aromatic rings. The van der Waals surface area contributed by atoms with Crippen LogP contribution in [-0.4, -0.2) is 47.4 Å². The van der Waals surface area contributed by atoms with Gasteiger partial charge in [-0.1, -0.05) is 24.3 Å². The molecule has 0 radical (unpaired) electrons. The van der Waals surface area contributed by atoms with Crippen LogP contribution in [-0.2, 0) is 14.3 Å². The van der Waals surface area contributed by atoms with E-state index in [4.69, 9.17) is 4.74 Å². The number of carbonyl (C=O) groups excluding carboxylic acids is 3. The van der Waals surface area contributed by atoms with E-state index < -0.39 is 29.3 Å². The van der Waals surface area contributed by atoms with Gasteiger partial charge in [-0.2, -0.15) is 0 Å². The molecule has 0 bridgehead atoms. The lowest BCUT2D eigenvalue weighted by atomic mass is 9.98. The number of benzene rings is 2. The number of hydrogen-bond acceptors (Lipinski definition) is 6. The van der Waals surface area contributed by atoms with Crippen LogP contribution in [0.2, 0.25) is 0 Å². The highest BCUT2D eigenvalue weighted by molar-refractivity contribution is 5.93. The van der Waals surface area contributed by atoms with E-state index in [0.717, 1.165) is 0 Å². The number of likely N-dealkylation sites (tertiary alicyclic amines) is 1. The third kappa shape index (κ3) is 6.03. The maximum atomic E-state index is 12.5. The fourth-order valence-electron chi connectivity index (χ4n) is 3.41. The highest BCUT2D eigenvalue weighted by Crippen LogP contribution is 2.22. The average Bonchev–Trinajstić information content (AvgIpc) is 2.79. The molecule has 0 spiro atoms. The lowest BCUT2D eigenvalue weighted by Crippen LogP contribution is -2.45. The predicted octanol–water partition coefficient (Wildman–Crippen LogP) is 3.33. The van der Waals surface area contributed by atoms with Crippen molar-refractivity contribution in [1.29, 1.82) is 0 Å². The smallest absolute Gasteiger partial charge is 0.321 e. The number of urea groups is 1. The molecule has 3 amide bonds. The zero-order valence-corrected chi connectivity index (χ0v) is 17.6. The molecule has 10 nitrogen and oxygen atoms in total. The standard InChI is InChI=1S/C22H24N4O6/c1-15-9-10-18(12-19(15)26(30)31)23-20(27)14-32-21(28)16-6-5-11-25(13-16)22(29)24-17-7-3-2-4-8-17/h2-4,7-10,12,16H,5-6,11,13-14H2,1H3,(H,23,27)(H,24,29). The van der Waals surface area contributed by atoms with Crippen molar-refractivity contribution in [3.63, 3.8) is 0 Å². The number of ether oxygens (including phenoxy) is 1. The normalized spacial score (nSPS) is 15.5. The SMILES string of the molecule is Cc1ccc(NC(=O)COC(=O)C2CCCN(C(=O)Nc3ccccc3)C2)cc1[N+](=O)[O-]. The predicted molar refractivity (Wildman–Crippen MR) is 117 cm³/mol. The van der Waals surface area contributed by atoms with E-state index in [1.54, 1.807) is 24.0 Å². The zero-order chi connectivity index (χ0) is 23.1. The van der Waals surface area contributed by atoms with Crippen LogP contribution in [0.4, 0.5) is 21.9 Å². The zero-order valence-electron chi connectivity index (χ0n) is 17.6. The second kappa shape index (κ2) is 10.4. The fourth-order valence-corrected chi connectivity index (χ4v) is 3.41. The molecule has 2 aromatic carbocycles. The summed E-state index contributed by atoms with van der Waals surface area (Å²) in [5, 5.41) is 16.3. The number of amides is 3. The van der Waals surface area contributed by atoms with Crippen LogP contribution in [0.1, 0.15) is 18.4 Å². The summed E-state index contributed by atoms with van der Waals surface area (Å²) in [6.45, 7) is 1.80. The molecule has 168 valence electrons. The van der Waals surface area contributed by atoms with E-state index >= 15 is 0 Å². The van der Waals surface area contributed by atoms with Crippen molar-refractivity contribution < 1.29 is 24.0 Å². The van der Waals surface area contributed by atoms with Crippen LogP contribution in [0.5, 0.6) is 0 Å². The Morgan fingerprint density at radius 2 is 1.88 bits per heavy atom. The summed E-state index contributed by atoms with van der Waals surface area (Å²) >= 11 is 0. The lowest BCUT2D eigenvalue weighted by Gasteiger charge is -2.31. The van der Waals surface area contributed by atoms with Gasteiger partial charge < -0.3 is 20.3 Å². The van der Waals surface area contributed by atoms with Gasteiger partial charge in [0.1, 0.15) is 0 Å². The Balaban J connectivity index is 1.49. The average molecular weight is 440 g/mol. The van der Waals surface area contributed by atoms with Crippen molar-refractivity contribution in [2.24, 2.45) is 5.92 Å². The number of rotatable bonds is 6. The number of esters is 1. The van der Waals surface area contributed by atoms with Gasteiger partial charge in [0.2, 0.25) is 0 Å². The number of para-hydroxylation sites is 1. The Morgan fingerprint density at radius 3 is 2.59 bits per heavy atom. The minimum Gasteiger partial charge on any atom is -0.455 e. The number of nitro groups is 1. The summed E-state index contributed by atoms with van der Waals surface area (Å²) in [7, 11) is 0. The van der Waals surface area contributed by atoms with Crippen LogP contribution in [0, 0.1) is 23.0 Å². The molecule has 32 heavy (non-hydrogen) atoms. The summed E-state index contributed by atoms with van der Waals surface area (Å²) in [6, 6.07) is 13.0. The third-order valence-corrected chi connectivity index (χ3v) is 5.10. The van der Waals surface area contributed by atoms with Gasteiger partial charge in [0.15, 0.2) is 6.61 Å². The van der Waals surface area contributed by atoms with E-state index in [1.807, 2.05) is 18.2 Å². The van der Waals surface area contributed by atoms with Gasteiger partial charge in [-0.15, -0.1) is 0 Å². The minimum absolute atomic E-state index is 0.115. The van der Waals surface area contributed by atoms with Crippen LogP contribution in [0.3, 0.4) is 0 Å². The largest absolute Gasteiger partial charge is 0.455 e. The van der Waals surface area contributed by atoms with Crippen LogP contribution in [0.25, 0.3) is 0 Å². The molecule has 3 rings (SSSR count). The Kier molecular flexibility index (Phi) is 7.37. The number of hydrogen-bond donors (Lipinski definition) is 2. The van der Waals surface area contributed by atoms with Crippen molar-refractivity contribution in [1.82, 2.24) is 4.90 Å². The lowest BCUT2D eigenvalue weighted by molar-refractivity contribution is -0.385. The molecule has 1 atom stereocenters. The van der Waals surface area contributed by atoms with E-state index in [0.29, 0.717) is 30.6 Å². The highest BCUT2D eigenvalue weighted by Gasteiger charge is 2.30. The summed E-state index contributed by atoms with van der Waals surface area (Å²) < 4.78 is 5.12. The van der Waals surface area contributed by atoms with Gasteiger partial charge in [0, 0.05) is 36.1 Å².